The molecule has 132 valence electrons. The number of benzene rings is 1. The Hall–Kier alpha value is -3.03. The van der Waals surface area contributed by atoms with Gasteiger partial charge in [0.2, 0.25) is 0 Å². The SMILES string of the molecule is COc1ccccc1-c1nc(-c2cccs2)c2nonc2c1-c1cccs1. The van der Waals surface area contributed by atoms with E-state index in [4.69, 9.17) is 14.3 Å². The van der Waals surface area contributed by atoms with Crippen molar-refractivity contribution in [1.29, 1.82) is 0 Å². The van der Waals surface area contributed by atoms with Gasteiger partial charge in [-0.05, 0) is 45.3 Å². The quantitative estimate of drug-likeness (QED) is 0.390. The van der Waals surface area contributed by atoms with Crippen LogP contribution in [0.2, 0.25) is 0 Å². The minimum Gasteiger partial charge on any atom is -0.496 e. The van der Waals surface area contributed by atoms with Crippen molar-refractivity contribution in [3.8, 4) is 38.0 Å². The van der Waals surface area contributed by atoms with Crippen LogP contribution in [-0.4, -0.2) is 22.4 Å². The normalized spacial score (nSPS) is 11.1. The first-order valence-corrected chi connectivity index (χ1v) is 10.00. The van der Waals surface area contributed by atoms with E-state index < -0.39 is 0 Å². The third-order valence-corrected chi connectivity index (χ3v) is 6.06. The largest absolute Gasteiger partial charge is 0.496 e. The van der Waals surface area contributed by atoms with Gasteiger partial charge in [-0.1, -0.05) is 24.3 Å². The Balaban J connectivity index is 1.92. The highest BCUT2D eigenvalue weighted by Crippen LogP contribution is 2.43. The van der Waals surface area contributed by atoms with E-state index in [0.29, 0.717) is 11.0 Å². The number of rotatable bonds is 4. The zero-order valence-electron chi connectivity index (χ0n) is 14.2. The van der Waals surface area contributed by atoms with Crippen molar-refractivity contribution in [2.75, 3.05) is 7.11 Å². The zero-order chi connectivity index (χ0) is 18.2. The number of nitrogens with zero attached hydrogens (tertiary/aromatic N) is 3. The fourth-order valence-electron chi connectivity index (χ4n) is 3.12. The van der Waals surface area contributed by atoms with Crippen LogP contribution in [0.1, 0.15) is 0 Å². The number of aromatic nitrogens is 3. The summed E-state index contributed by atoms with van der Waals surface area (Å²) in [5, 5.41) is 12.4. The molecule has 4 heterocycles. The lowest BCUT2D eigenvalue weighted by molar-refractivity contribution is 0.315. The molecule has 27 heavy (non-hydrogen) atoms. The third-order valence-electron chi connectivity index (χ3n) is 4.29. The first kappa shape index (κ1) is 16.2. The Morgan fingerprint density at radius 1 is 0.815 bits per heavy atom. The number of hydrogen-bond acceptors (Lipinski definition) is 7. The summed E-state index contributed by atoms with van der Waals surface area (Å²) in [4.78, 5) is 7.10. The molecule has 0 radical (unpaired) electrons. The Kier molecular flexibility index (Phi) is 3.95. The number of hydrogen-bond donors (Lipinski definition) is 0. The van der Waals surface area contributed by atoms with Crippen molar-refractivity contribution in [3.05, 3.63) is 59.3 Å². The van der Waals surface area contributed by atoms with E-state index in [2.05, 4.69) is 16.4 Å². The van der Waals surface area contributed by atoms with Crippen LogP contribution in [0.5, 0.6) is 5.75 Å². The summed E-state index contributed by atoms with van der Waals surface area (Å²) >= 11 is 3.24. The molecule has 0 aliphatic rings. The Morgan fingerprint density at radius 2 is 1.56 bits per heavy atom. The van der Waals surface area contributed by atoms with Gasteiger partial charge in [0.05, 0.1) is 17.7 Å². The van der Waals surface area contributed by atoms with Crippen molar-refractivity contribution in [2.45, 2.75) is 0 Å². The molecule has 5 aromatic rings. The van der Waals surface area contributed by atoms with Crippen LogP contribution in [0.3, 0.4) is 0 Å². The summed E-state index contributed by atoms with van der Waals surface area (Å²) in [5.74, 6) is 0.760. The minimum atomic E-state index is 0.666. The number of para-hydroxylation sites is 1. The lowest BCUT2D eigenvalue weighted by Crippen LogP contribution is -1.96. The predicted molar refractivity (Wildman–Crippen MR) is 108 cm³/mol. The molecular weight excluding hydrogens is 378 g/mol. The van der Waals surface area contributed by atoms with Gasteiger partial charge in [-0.3, -0.25) is 0 Å². The monoisotopic (exact) mass is 391 g/mol. The van der Waals surface area contributed by atoms with E-state index in [9.17, 15) is 0 Å². The van der Waals surface area contributed by atoms with Gasteiger partial charge < -0.3 is 4.74 Å². The first-order chi connectivity index (χ1) is 13.4. The van der Waals surface area contributed by atoms with Crippen molar-refractivity contribution < 1.29 is 9.37 Å². The molecule has 0 unspecified atom stereocenters. The van der Waals surface area contributed by atoms with Crippen LogP contribution in [0.15, 0.2) is 63.9 Å². The highest BCUT2D eigenvalue weighted by atomic mass is 32.1. The lowest BCUT2D eigenvalue weighted by Gasteiger charge is -2.13. The second kappa shape index (κ2) is 6.61. The molecular formula is C20H13N3O2S2. The number of methoxy groups -OCH3 is 1. The average molecular weight is 391 g/mol. The molecule has 4 aromatic heterocycles. The van der Waals surface area contributed by atoms with E-state index in [0.717, 1.165) is 38.0 Å². The van der Waals surface area contributed by atoms with E-state index in [1.54, 1.807) is 29.8 Å². The van der Waals surface area contributed by atoms with Crippen LogP contribution >= 0.6 is 22.7 Å². The van der Waals surface area contributed by atoms with Gasteiger partial charge in [0, 0.05) is 16.0 Å². The molecule has 0 atom stereocenters. The first-order valence-electron chi connectivity index (χ1n) is 8.24. The highest BCUT2D eigenvalue weighted by molar-refractivity contribution is 7.14. The molecule has 7 heteroatoms. The average Bonchev–Trinajstić information content (AvgIpc) is 3.49. The molecule has 0 N–H and O–H groups in total. The van der Waals surface area contributed by atoms with Gasteiger partial charge >= 0.3 is 0 Å². The standard InChI is InChI=1S/C20H13N3O2S2/c1-24-13-7-3-2-6-12(13)17-16(14-8-4-10-26-14)19-20(23-25-22-19)18(21-17)15-9-5-11-27-15/h2-11H,1H3. The summed E-state index contributed by atoms with van der Waals surface area (Å²) in [6.07, 6.45) is 0. The van der Waals surface area contributed by atoms with Gasteiger partial charge in [-0.2, -0.15) is 0 Å². The molecule has 0 saturated heterocycles. The van der Waals surface area contributed by atoms with Crippen LogP contribution < -0.4 is 4.74 Å². The van der Waals surface area contributed by atoms with E-state index in [1.165, 1.54) is 0 Å². The molecule has 0 bridgehead atoms. The molecule has 0 spiro atoms. The zero-order valence-corrected chi connectivity index (χ0v) is 15.9. The third kappa shape index (κ3) is 2.63. The summed E-state index contributed by atoms with van der Waals surface area (Å²) in [6, 6.07) is 16.0. The molecule has 0 fully saturated rings. The summed E-state index contributed by atoms with van der Waals surface area (Å²) in [6.45, 7) is 0. The summed E-state index contributed by atoms with van der Waals surface area (Å²) in [5.41, 5.74) is 4.76. The maximum absolute atomic E-state index is 5.60. The Bertz CT molecular complexity index is 1210. The topological polar surface area (TPSA) is 61.0 Å². The predicted octanol–water partition coefficient (Wildman–Crippen LogP) is 5.75. The van der Waals surface area contributed by atoms with Crippen molar-refractivity contribution in [2.24, 2.45) is 0 Å². The van der Waals surface area contributed by atoms with Gasteiger partial charge in [-0.15, -0.1) is 22.7 Å². The Labute approximate surface area is 162 Å². The van der Waals surface area contributed by atoms with Crippen molar-refractivity contribution in [1.82, 2.24) is 15.3 Å². The maximum atomic E-state index is 5.60. The lowest BCUT2D eigenvalue weighted by atomic mass is 10.0. The molecule has 5 nitrogen and oxygen atoms in total. The number of pyridine rings is 1. The molecule has 1 aromatic carbocycles. The second-order valence-corrected chi connectivity index (χ2v) is 7.70. The number of thiophene rings is 2. The maximum Gasteiger partial charge on any atom is 0.163 e. The molecule has 0 saturated carbocycles. The van der Waals surface area contributed by atoms with Gasteiger partial charge in [0.1, 0.15) is 17.0 Å². The van der Waals surface area contributed by atoms with E-state index >= 15 is 0 Å². The summed E-state index contributed by atoms with van der Waals surface area (Å²) < 4.78 is 10.7. The van der Waals surface area contributed by atoms with Crippen LogP contribution in [-0.2, 0) is 0 Å². The van der Waals surface area contributed by atoms with Gasteiger partial charge in [-0.25, -0.2) is 9.61 Å². The highest BCUT2D eigenvalue weighted by Gasteiger charge is 2.24. The van der Waals surface area contributed by atoms with E-state index in [1.807, 2.05) is 53.2 Å². The van der Waals surface area contributed by atoms with E-state index in [-0.39, 0.29) is 0 Å². The van der Waals surface area contributed by atoms with Crippen LogP contribution in [0, 0.1) is 0 Å². The van der Waals surface area contributed by atoms with Crippen molar-refractivity contribution in [3.63, 3.8) is 0 Å². The minimum absolute atomic E-state index is 0.666. The summed E-state index contributed by atoms with van der Waals surface area (Å²) in [7, 11) is 1.67. The Morgan fingerprint density at radius 3 is 2.30 bits per heavy atom. The number of ether oxygens (including phenoxy) is 1. The molecule has 5 rings (SSSR count). The molecule has 0 aliphatic heterocycles. The second-order valence-electron chi connectivity index (χ2n) is 5.80. The smallest absolute Gasteiger partial charge is 0.163 e. The molecule has 0 aliphatic carbocycles. The van der Waals surface area contributed by atoms with Gasteiger partial charge in [0.15, 0.2) is 5.52 Å². The van der Waals surface area contributed by atoms with Crippen LogP contribution in [0.25, 0.3) is 43.3 Å². The molecule has 0 amide bonds. The number of fused-ring (bicyclic) bond motifs is 1. The fraction of sp³-hybridized carbons (Fsp3) is 0.0500. The van der Waals surface area contributed by atoms with Gasteiger partial charge in [0.25, 0.3) is 0 Å². The van der Waals surface area contributed by atoms with Crippen LogP contribution in [0.4, 0.5) is 0 Å². The van der Waals surface area contributed by atoms with Crippen molar-refractivity contribution >= 4 is 33.7 Å². The fourth-order valence-corrected chi connectivity index (χ4v) is 4.60.